The molecule has 1 aromatic heterocycles. The molecule has 0 unspecified atom stereocenters. The Morgan fingerprint density at radius 1 is 1.23 bits per heavy atom. The van der Waals surface area contributed by atoms with E-state index in [0.717, 1.165) is 5.52 Å². The molecule has 0 saturated heterocycles. The number of hydrogen-bond acceptors (Lipinski definition) is 1. The smallest absolute Gasteiger partial charge is 0.0923 e. The summed E-state index contributed by atoms with van der Waals surface area (Å²) in [6.45, 7) is 6.56. The van der Waals surface area contributed by atoms with Crippen LogP contribution in [-0.2, 0) is 5.41 Å². The van der Waals surface area contributed by atoms with Crippen LogP contribution in [0.15, 0.2) is 24.3 Å². The van der Waals surface area contributed by atoms with Crippen LogP contribution >= 0.6 is 0 Å². The van der Waals surface area contributed by atoms with E-state index in [-0.39, 0.29) is 6.84 Å². The van der Waals surface area contributed by atoms with E-state index in [2.05, 4.69) is 37.0 Å². The maximum absolute atomic E-state index is 4.26. The van der Waals surface area contributed by atoms with E-state index in [1.807, 2.05) is 18.2 Å². The first-order valence-electron chi connectivity index (χ1n) is 4.52. The Balaban J connectivity index is 0.000000980. The number of rotatable bonds is 0. The van der Waals surface area contributed by atoms with Crippen molar-refractivity contribution in [2.24, 2.45) is 0 Å². The highest BCUT2D eigenvalue weighted by atomic mass is 15.1. The summed E-state index contributed by atoms with van der Waals surface area (Å²) < 4.78 is 0. The molecule has 0 spiro atoms. The Kier molecular flexibility index (Phi) is 1.65. The Morgan fingerprint density at radius 3 is 2.62 bits per heavy atom. The number of fused-ring (bicyclic) bond motifs is 1. The zero-order valence-corrected chi connectivity index (χ0v) is 8.26. The lowest BCUT2D eigenvalue weighted by Gasteiger charge is -2.16. The second kappa shape index (κ2) is 2.59. The van der Waals surface area contributed by atoms with Gasteiger partial charge in [-0.1, -0.05) is 39.0 Å². The van der Waals surface area contributed by atoms with Gasteiger partial charge in [-0.25, -0.2) is 0 Å². The molecule has 2 heteroatoms. The van der Waals surface area contributed by atoms with Crippen molar-refractivity contribution in [1.82, 2.24) is 10.2 Å². The van der Waals surface area contributed by atoms with Crippen LogP contribution in [0.1, 0.15) is 27.9 Å². The van der Waals surface area contributed by atoms with Crippen molar-refractivity contribution >= 4 is 10.9 Å². The molecule has 0 saturated carbocycles. The predicted octanol–water partition coefficient (Wildman–Crippen LogP) is 3.11. The molecule has 0 fully saturated rings. The zero-order valence-electron chi connectivity index (χ0n) is 8.26. The second-order valence-corrected chi connectivity index (χ2v) is 4.37. The molecular formula is C11H16N2. The number of aromatic amines is 1. The molecule has 0 aliphatic carbocycles. The van der Waals surface area contributed by atoms with Gasteiger partial charge in [0.1, 0.15) is 0 Å². The lowest BCUT2D eigenvalue weighted by atomic mass is 9.90. The van der Waals surface area contributed by atoms with E-state index in [0.29, 0.717) is 0 Å². The fourth-order valence-corrected chi connectivity index (χ4v) is 1.53. The minimum Gasteiger partial charge on any atom is -0.281 e. The standard InChI is InChI=1S/C11H14N2.H2/c1-11(2,3)10-8-6-4-5-7-9(8)12-13-10;/h4-7H,1-3H3,(H,12,13);1H. The maximum Gasteiger partial charge on any atom is 0.0923 e. The van der Waals surface area contributed by atoms with Gasteiger partial charge >= 0.3 is 0 Å². The van der Waals surface area contributed by atoms with Crippen molar-refractivity contribution in [1.29, 1.82) is 0 Å². The zero-order chi connectivity index (χ0) is 9.47. The van der Waals surface area contributed by atoms with Gasteiger partial charge in [-0.15, -0.1) is 0 Å². The molecule has 1 aromatic carbocycles. The van der Waals surface area contributed by atoms with Gasteiger partial charge in [-0.2, -0.15) is 5.10 Å². The quantitative estimate of drug-likeness (QED) is 0.656. The Labute approximate surface area is 79.5 Å². The average molecular weight is 176 g/mol. The van der Waals surface area contributed by atoms with Crippen LogP contribution in [-0.4, -0.2) is 10.2 Å². The summed E-state index contributed by atoms with van der Waals surface area (Å²) in [5.74, 6) is 0. The largest absolute Gasteiger partial charge is 0.281 e. The van der Waals surface area contributed by atoms with Crippen LogP contribution in [0.25, 0.3) is 10.9 Å². The molecule has 2 nitrogen and oxygen atoms in total. The number of nitrogens with one attached hydrogen (secondary N) is 1. The normalized spacial score (nSPS) is 12.2. The molecule has 70 valence electrons. The van der Waals surface area contributed by atoms with Crippen molar-refractivity contribution in [3.8, 4) is 0 Å². The molecule has 0 aliphatic rings. The van der Waals surface area contributed by atoms with Gasteiger partial charge in [-0.05, 0) is 6.07 Å². The van der Waals surface area contributed by atoms with E-state index >= 15 is 0 Å². The Bertz CT molecular complexity index is 426. The highest BCUT2D eigenvalue weighted by molar-refractivity contribution is 5.82. The predicted molar refractivity (Wildman–Crippen MR) is 56.9 cm³/mol. The van der Waals surface area contributed by atoms with Crippen LogP contribution in [0.2, 0.25) is 0 Å². The van der Waals surface area contributed by atoms with Gasteiger partial charge in [0.05, 0.1) is 5.52 Å². The fourth-order valence-electron chi connectivity index (χ4n) is 1.53. The maximum atomic E-state index is 4.26. The first-order valence-corrected chi connectivity index (χ1v) is 4.52. The molecule has 13 heavy (non-hydrogen) atoms. The molecule has 1 N–H and O–H groups in total. The number of para-hydroxylation sites is 1. The van der Waals surface area contributed by atoms with Crippen LogP contribution in [0.4, 0.5) is 0 Å². The summed E-state index contributed by atoms with van der Waals surface area (Å²) in [5.41, 5.74) is 2.39. The minimum atomic E-state index is 0. The highest BCUT2D eigenvalue weighted by Gasteiger charge is 2.18. The molecule has 0 bridgehead atoms. The topological polar surface area (TPSA) is 28.7 Å². The number of hydrogen-bond donors (Lipinski definition) is 1. The number of benzene rings is 1. The summed E-state index contributed by atoms with van der Waals surface area (Å²) >= 11 is 0. The van der Waals surface area contributed by atoms with Crippen LogP contribution < -0.4 is 0 Å². The van der Waals surface area contributed by atoms with E-state index in [4.69, 9.17) is 0 Å². The summed E-state index contributed by atoms with van der Waals surface area (Å²) in [5, 5.41) is 8.60. The molecular weight excluding hydrogens is 160 g/mol. The minimum absolute atomic E-state index is 0. The van der Waals surface area contributed by atoms with Gasteiger partial charge in [0.25, 0.3) is 0 Å². The Morgan fingerprint density at radius 2 is 1.92 bits per heavy atom. The van der Waals surface area contributed by atoms with E-state index in [1.165, 1.54) is 11.1 Å². The highest BCUT2D eigenvalue weighted by Crippen LogP contribution is 2.26. The van der Waals surface area contributed by atoms with Crippen molar-refractivity contribution in [2.75, 3.05) is 0 Å². The molecule has 2 rings (SSSR count). The van der Waals surface area contributed by atoms with Gasteiger partial charge in [0.2, 0.25) is 0 Å². The number of nitrogens with zero attached hydrogens (tertiary/aromatic N) is 1. The van der Waals surface area contributed by atoms with Gasteiger partial charge in [0, 0.05) is 17.9 Å². The summed E-state index contributed by atoms with van der Waals surface area (Å²) in [7, 11) is 0. The van der Waals surface area contributed by atoms with Gasteiger partial charge in [0.15, 0.2) is 0 Å². The third-order valence-corrected chi connectivity index (χ3v) is 2.21. The third kappa shape index (κ3) is 1.32. The Hall–Kier alpha value is -1.31. The number of aromatic nitrogens is 2. The molecule has 0 atom stereocenters. The average Bonchev–Trinajstić information content (AvgIpc) is 2.45. The van der Waals surface area contributed by atoms with E-state index in [1.54, 1.807) is 0 Å². The van der Waals surface area contributed by atoms with Crippen LogP contribution in [0, 0.1) is 0 Å². The van der Waals surface area contributed by atoms with Crippen LogP contribution in [0.3, 0.4) is 0 Å². The second-order valence-electron chi connectivity index (χ2n) is 4.37. The van der Waals surface area contributed by atoms with Crippen molar-refractivity contribution in [2.45, 2.75) is 26.2 Å². The summed E-state index contributed by atoms with van der Waals surface area (Å²) in [4.78, 5) is 0. The molecule has 1 heterocycles. The third-order valence-electron chi connectivity index (χ3n) is 2.21. The first-order chi connectivity index (χ1) is 6.09. The molecule has 0 radical (unpaired) electrons. The molecule has 2 aromatic rings. The van der Waals surface area contributed by atoms with Crippen molar-refractivity contribution in [3.63, 3.8) is 0 Å². The first kappa shape index (κ1) is 8.30. The van der Waals surface area contributed by atoms with Crippen molar-refractivity contribution in [3.05, 3.63) is 30.0 Å². The summed E-state index contributed by atoms with van der Waals surface area (Å²) in [6, 6.07) is 8.20. The van der Waals surface area contributed by atoms with Crippen molar-refractivity contribution < 1.29 is 1.43 Å². The van der Waals surface area contributed by atoms with Gasteiger partial charge in [-0.3, -0.25) is 5.10 Å². The number of H-pyrrole nitrogens is 1. The SMILES string of the molecule is CC(C)(C)c1[nH]nc2ccccc12.[HH]. The molecule has 0 aliphatic heterocycles. The van der Waals surface area contributed by atoms with E-state index in [9.17, 15) is 0 Å². The lowest BCUT2D eigenvalue weighted by molar-refractivity contribution is 0.571. The summed E-state index contributed by atoms with van der Waals surface area (Å²) in [6.07, 6.45) is 0. The molecule has 0 amide bonds. The van der Waals surface area contributed by atoms with Gasteiger partial charge < -0.3 is 0 Å². The monoisotopic (exact) mass is 176 g/mol. The van der Waals surface area contributed by atoms with Crippen LogP contribution in [0.5, 0.6) is 0 Å². The lowest BCUT2D eigenvalue weighted by Crippen LogP contribution is -2.11. The van der Waals surface area contributed by atoms with E-state index < -0.39 is 0 Å². The fraction of sp³-hybridized carbons (Fsp3) is 0.364.